The highest BCUT2D eigenvalue weighted by atomic mass is 32.1. The number of thiocarbonyl (C=S) groups is 1. The van der Waals surface area contributed by atoms with Gasteiger partial charge in [-0.15, -0.1) is 0 Å². The molecule has 0 aliphatic rings. The zero-order chi connectivity index (χ0) is 14.2. The molecule has 6 heteroatoms. The molecule has 2 aromatic rings. The number of imidazole rings is 1. The molecule has 1 heterocycles. The largest absolute Gasteiger partial charge is 0.362 e. The van der Waals surface area contributed by atoms with E-state index in [-0.39, 0.29) is 0 Å². The Bertz CT molecular complexity index is 583. The summed E-state index contributed by atoms with van der Waals surface area (Å²) in [6.45, 7) is 1.70. The van der Waals surface area contributed by atoms with Gasteiger partial charge in [-0.3, -0.25) is 0 Å². The number of aryl methyl sites for hydroxylation is 1. The molecule has 20 heavy (non-hydrogen) atoms. The van der Waals surface area contributed by atoms with Crippen molar-refractivity contribution < 1.29 is 0 Å². The monoisotopic (exact) mass is 285 g/mol. The van der Waals surface area contributed by atoms with Crippen molar-refractivity contribution in [3.63, 3.8) is 0 Å². The maximum absolute atomic E-state index is 8.72. The smallest absolute Gasteiger partial charge is 0.170 e. The van der Waals surface area contributed by atoms with Gasteiger partial charge in [0.05, 0.1) is 18.0 Å². The zero-order valence-corrected chi connectivity index (χ0v) is 11.7. The van der Waals surface area contributed by atoms with Crippen molar-refractivity contribution >= 4 is 23.0 Å². The standard InChI is InChI=1S/C14H15N5S/c15-10-12-2-4-13(5-3-12)18-14(20)17-6-1-8-19-9-7-16-11-19/h2-5,7,9,11H,1,6,8H2,(H2,17,18,20). The summed E-state index contributed by atoms with van der Waals surface area (Å²) in [4.78, 5) is 3.99. The maximum Gasteiger partial charge on any atom is 0.170 e. The van der Waals surface area contributed by atoms with Crippen molar-refractivity contribution in [3.8, 4) is 6.07 Å². The molecule has 0 atom stereocenters. The molecule has 5 nitrogen and oxygen atoms in total. The Labute approximate surface area is 123 Å². The number of aromatic nitrogens is 2. The molecule has 0 radical (unpaired) electrons. The molecule has 102 valence electrons. The van der Waals surface area contributed by atoms with Crippen LogP contribution in [0.4, 0.5) is 5.69 Å². The van der Waals surface area contributed by atoms with Crippen molar-refractivity contribution in [1.82, 2.24) is 14.9 Å². The normalized spacial score (nSPS) is 9.75. The van der Waals surface area contributed by atoms with E-state index in [1.807, 2.05) is 22.9 Å². The van der Waals surface area contributed by atoms with Crippen LogP contribution < -0.4 is 10.6 Å². The van der Waals surface area contributed by atoms with Crippen molar-refractivity contribution in [2.24, 2.45) is 0 Å². The van der Waals surface area contributed by atoms with Gasteiger partial charge in [0.1, 0.15) is 0 Å². The van der Waals surface area contributed by atoms with E-state index < -0.39 is 0 Å². The van der Waals surface area contributed by atoms with Crippen LogP contribution in [0.15, 0.2) is 43.0 Å². The van der Waals surface area contributed by atoms with Crippen LogP contribution in [0.3, 0.4) is 0 Å². The molecule has 0 spiro atoms. The molecule has 2 N–H and O–H groups in total. The van der Waals surface area contributed by atoms with E-state index in [0.717, 1.165) is 25.2 Å². The lowest BCUT2D eigenvalue weighted by molar-refractivity contribution is 0.632. The highest BCUT2D eigenvalue weighted by molar-refractivity contribution is 7.80. The summed E-state index contributed by atoms with van der Waals surface area (Å²) in [5, 5.41) is 15.5. The summed E-state index contributed by atoms with van der Waals surface area (Å²) in [6, 6.07) is 9.25. The van der Waals surface area contributed by atoms with Gasteiger partial charge in [0.2, 0.25) is 0 Å². The SMILES string of the molecule is N#Cc1ccc(NC(=S)NCCCn2ccnc2)cc1. The Hall–Kier alpha value is -2.39. The van der Waals surface area contributed by atoms with Gasteiger partial charge in [0.15, 0.2) is 5.11 Å². The van der Waals surface area contributed by atoms with Gasteiger partial charge in [0, 0.05) is 31.2 Å². The van der Waals surface area contributed by atoms with E-state index in [9.17, 15) is 0 Å². The number of hydrogen-bond donors (Lipinski definition) is 2. The summed E-state index contributed by atoms with van der Waals surface area (Å²) in [5.41, 5.74) is 1.51. The van der Waals surface area contributed by atoms with Crippen LogP contribution in [0.2, 0.25) is 0 Å². The molecule has 0 aliphatic heterocycles. The molecular formula is C14H15N5S. The molecule has 0 aliphatic carbocycles. The second kappa shape index (κ2) is 7.26. The minimum absolute atomic E-state index is 0.584. The number of nitrogens with zero attached hydrogens (tertiary/aromatic N) is 3. The van der Waals surface area contributed by atoms with Crippen LogP contribution in [-0.4, -0.2) is 21.2 Å². The fourth-order valence-corrected chi connectivity index (χ4v) is 1.91. The lowest BCUT2D eigenvalue weighted by atomic mass is 10.2. The third-order valence-electron chi connectivity index (χ3n) is 2.71. The third kappa shape index (κ3) is 4.37. The van der Waals surface area contributed by atoms with Crippen molar-refractivity contribution in [2.45, 2.75) is 13.0 Å². The van der Waals surface area contributed by atoms with E-state index in [4.69, 9.17) is 17.5 Å². The molecule has 0 amide bonds. The van der Waals surface area contributed by atoms with Gasteiger partial charge >= 0.3 is 0 Å². The first-order chi connectivity index (χ1) is 9.78. The van der Waals surface area contributed by atoms with Crippen LogP contribution in [-0.2, 0) is 6.54 Å². The Kier molecular flexibility index (Phi) is 5.09. The van der Waals surface area contributed by atoms with Crippen LogP contribution in [0, 0.1) is 11.3 Å². The third-order valence-corrected chi connectivity index (χ3v) is 2.96. The highest BCUT2D eigenvalue weighted by Gasteiger charge is 1.98. The number of benzene rings is 1. The molecule has 0 saturated carbocycles. The average Bonchev–Trinajstić information content (AvgIpc) is 2.98. The molecule has 2 rings (SSSR count). The van der Waals surface area contributed by atoms with Gasteiger partial charge in [-0.05, 0) is 42.9 Å². The second-order valence-electron chi connectivity index (χ2n) is 4.22. The summed E-state index contributed by atoms with van der Waals surface area (Å²) < 4.78 is 2.03. The molecule has 0 unspecified atom stereocenters. The van der Waals surface area contributed by atoms with Crippen molar-refractivity contribution in [2.75, 3.05) is 11.9 Å². The number of anilines is 1. The number of hydrogen-bond acceptors (Lipinski definition) is 3. The topological polar surface area (TPSA) is 65.7 Å². The second-order valence-corrected chi connectivity index (χ2v) is 4.63. The van der Waals surface area contributed by atoms with E-state index in [2.05, 4.69) is 21.7 Å². The van der Waals surface area contributed by atoms with Crippen LogP contribution >= 0.6 is 12.2 Å². The first kappa shape index (κ1) is 14.0. The minimum Gasteiger partial charge on any atom is -0.362 e. The highest BCUT2D eigenvalue weighted by Crippen LogP contribution is 2.08. The Morgan fingerprint density at radius 1 is 1.35 bits per heavy atom. The van der Waals surface area contributed by atoms with E-state index in [1.54, 1.807) is 24.7 Å². The van der Waals surface area contributed by atoms with Crippen LogP contribution in [0.25, 0.3) is 0 Å². The summed E-state index contributed by atoms with van der Waals surface area (Å²) >= 11 is 5.20. The molecule has 1 aromatic carbocycles. The summed E-state index contributed by atoms with van der Waals surface area (Å²) in [5.74, 6) is 0. The maximum atomic E-state index is 8.72. The predicted molar refractivity (Wildman–Crippen MR) is 82.2 cm³/mol. The molecule has 0 fully saturated rings. The van der Waals surface area contributed by atoms with E-state index >= 15 is 0 Å². The van der Waals surface area contributed by atoms with Gasteiger partial charge in [0.25, 0.3) is 0 Å². The molecular weight excluding hydrogens is 270 g/mol. The molecule has 1 aromatic heterocycles. The van der Waals surface area contributed by atoms with Crippen LogP contribution in [0.5, 0.6) is 0 Å². The first-order valence-electron chi connectivity index (χ1n) is 6.29. The summed E-state index contributed by atoms with van der Waals surface area (Å²) in [7, 11) is 0. The minimum atomic E-state index is 0.584. The van der Waals surface area contributed by atoms with Gasteiger partial charge in [-0.1, -0.05) is 0 Å². The number of nitrogens with one attached hydrogen (secondary N) is 2. The van der Waals surface area contributed by atoms with Gasteiger partial charge < -0.3 is 15.2 Å². The van der Waals surface area contributed by atoms with E-state index in [1.165, 1.54) is 0 Å². The quantitative estimate of drug-likeness (QED) is 0.651. The van der Waals surface area contributed by atoms with Gasteiger partial charge in [-0.25, -0.2) is 4.98 Å². The fourth-order valence-electron chi connectivity index (χ4n) is 1.69. The summed E-state index contributed by atoms with van der Waals surface area (Å²) in [6.07, 6.45) is 6.47. The molecule has 0 bridgehead atoms. The zero-order valence-electron chi connectivity index (χ0n) is 10.9. The van der Waals surface area contributed by atoms with Crippen molar-refractivity contribution in [1.29, 1.82) is 5.26 Å². The van der Waals surface area contributed by atoms with Crippen molar-refractivity contribution in [3.05, 3.63) is 48.5 Å². The lowest BCUT2D eigenvalue weighted by Crippen LogP contribution is -2.29. The predicted octanol–water partition coefficient (Wildman–Crippen LogP) is 2.13. The number of rotatable bonds is 5. The average molecular weight is 285 g/mol. The number of nitriles is 1. The van der Waals surface area contributed by atoms with E-state index in [0.29, 0.717) is 10.7 Å². The van der Waals surface area contributed by atoms with Gasteiger partial charge in [-0.2, -0.15) is 5.26 Å². The Morgan fingerprint density at radius 3 is 2.80 bits per heavy atom. The first-order valence-corrected chi connectivity index (χ1v) is 6.69. The fraction of sp³-hybridized carbons (Fsp3) is 0.214. The lowest BCUT2D eigenvalue weighted by Gasteiger charge is -2.10. The Morgan fingerprint density at radius 2 is 2.15 bits per heavy atom. The Balaban J connectivity index is 1.68. The molecule has 0 saturated heterocycles. The van der Waals surface area contributed by atoms with Crippen LogP contribution in [0.1, 0.15) is 12.0 Å².